The number of hydrogen-bond acceptors (Lipinski definition) is 2. The maximum atomic E-state index is 12.1. The van der Waals surface area contributed by atoms with E-state index in [0.717, 1.165) is 12.8 Å². The molecule has 0 spiro atoms. The van der Waals surface area contributed by atoms with E-state index >= 15 is 0 Å². The lowest BCUT2D eigenvalue weighted by Crippen LogP contribution is -2.43. The van der Waals surface area contributed by atoms with E-state index in [0.29, 0.717) is 12.3 Å². The summed E-state index contributed by atoms with van der Waals surface area (Å²) < 4.78 is 0. The Balaban J connectivity index is 2.48. The number of carbonyl (C=O) groups excluding carboxylic acids is 1. The van der Waals surface area contributed by atoms with Gasteiger partial charge in [0.15, 0.2) is 0 Å². The molecule has 0 aromatic heterocycles. The SMILES string of the molecule is CCC(CC1CCCCC1)C(=O)NC(CC)C(=O)O. The van der Waals surface area contributed by atoms with Gasteiger partial charge in [0, 0.05) is 5.92 Å². The molecule has 110 valence electrons. The molecular weight excluding hydrogens is 242 g/mol. The standard InChI is InChI=1S/C15H27NO3/c1-3-12(10-11-8-6-5-7-9-11)14(17)16-13(4-2)15(18)19/h11-13H,3-10H2,1-2H3,(H,16,17)(H,18,19). The predicted octanol–water partition coefficient (Wildman–Crippen LogP) is 2.96. The zero-order chi connectivity index (χ0) is 14.3. The number of aliphatic carboxylic acids is 1. The molecule has 1 fully saturated rings. The highest BCUT2D eigenvalue weighted by atomic mass is 16.4. The normalized spacial score (nSPS) is 19.7. The Morgan fingerprint density at radius 2 is 1.79 bits per heavy atom. The molecule has 1 aliphatic rings. The molecule has 4 heteroatoms. The summed E-state index contributed by atoms with van der Waals surface area (Å²) in [4.78, 5) is 23.1. The summed E-state index contributed by atoms with van der Waals surface area (Å²) in [5, 5.41) is 11.7. The minimum atomic E-state index is -0.941. The van der Waals surface area contributed by atoms with Gasteiger partial charge in [-0.05, 0) is 25.2 Å². The molecular formula is C15H27NO3. The van der Waals surface area contributed by atoms with Gasteiger partial charge in [-0.1, -0.05) is 46.0 Å². The van der Waals surface area contributed by atoms with Crippen molar-refractivity contribution in [2.75, 3.05) is 0 Å². The molecule has 1 rings (SSSR count). The van der Waals surface area contributed by atoms with Gasteiger partial charge in [0.05, 0.1) is 0 Å². The third kappa shape index (κ3) is 5.21. The molecule has 4 nitrogen and oxygen atoms in total. The highest BCUT2D eigenvalue weighted by molar-refractivity contribution is 5.84. The number of rotatable bonds is 7. The topological polar surface area (TPSA) is 66.4 Å². The summed E-state index contributed by atoms with van der Waals surface area (Å²) in [6, 6.07) is -0.743. The highest BCUT2D eigenvalue weighted by Crippen LogP contribution is 2.30. The van der Waals surface area contributed by atoms with Gasteiger partial charge >= 0.3 is 5.97 Å². The molecule has 1 amide bonds. The van der Waals surface area contributed by atoms with Crippen molar-refractivity contribution in [2.24, 2.45) is 11.8 Å². The van der Waals surface area contributed by atoms with Crippen LogP contribution in [0.1, 0.15) is 65.2 Å². The Bertz CT molecular complexity index is 298. The molecule has 0 aromatic carbocycles. The quantitative estimate of drug-likeness (QED) is 0.746. The van der Waals surface area contributed by atoms with Crippen LogP contribution in [0.3, 0.4) is 0 Å². The second kappa shape index (κ2) is 8.18. The van der Waals surface area contributed by atoms with Gasteiger partial charge in [0.2, 0.25) is 5.91 Å². The number of carbonyl (C=O) groups is 2. The molecule has 0 saturated heterocycles. The number of carboxylic acids is 1. The molecule has 0 bridgehead atoms. The van der Waals surface area contributed by atoms with Crippen LogP contribution >= 0.6 is 0 Å². The van der Waals surface area contributed by atoms with E-state index in [1.54, 1.807) is 6.92 Å². The first-order valence-corrected chi connectivity index (χ1v) is 7.61. The fraction of sp³-hybridized carbons (Fsp3) is 0.867. The zero-order valence-electron chi connectivity index (χ0n) is 12.2. The van der Waals surface area contributed by atoms with Crippen LogP contribution in [0.15, 0.2) is 0 Å². The third-order valence-corrected chi connectivity index (χ3v) is 4.23. The fourth-order valence-corrected chi connectivity index (χ4v) is 2.91. The van der Waals surface area contributed by atoms with Crippen molar-refractivity contribution in [3.63, 3.8) is 0 Å². The lowest BCUT2D eigenvalue weighted by molar-refractivity contribution is -0.142. The van der Waals surface area contributed by atoms with Crippen LogP contribution < -0.4 is 5.32 Å². The van der Waals surface area contributed by atoms with Gasteiger partial charge < -0.3 is 10.4 Å². The first-order chi connectivity index (χ1) is 9.08. The van der Waals surface area contributed by atoms with Gasteiger partial charge in [-0.2, -0.15) is 0 Å². The van der Waals surface area contributed by atoms with Crippen LogP contribution in [0.4, 0.5) is 0 Å². The van der Waals surface area contributed by atoms with Crippen LogP contribution in [0.25, 0.3) is 0 Å². The Labute approximate surface area is 116 Å². The van der Waals surface area contributed by atoms with Crippen molar-refractivity contribution in [1.29, 1.82) is 0 Å². The first-order valence-electron chi connectivity index (χ1n) is 7.61. The molecule has 2 atom stereocenters. The van der Waals surface area contributed by atoms with E-state index < -0.39 is 12.0 Å². The average molecular weight is 269 g/mol. The second-order valence-corrected chi connectivity index (χ2v) is 5.65. The average Bonchev–Trinajstić information content (AvgIpc) is 2.42. The molecule has 1 aliphatic carbocycles. The van der Waals surface area contributed by atoms with E-state index in [2.05, 4.69) is 5.32 Å². The Hall–Kier alpha value is -1.06. The van der Waals surface area contributed by atoms with E-state index in [9.17, 15) is 9.59 Å². The largest absolute Gasteiger partial charge is 0.480 e. The summed E-state index contributed by atoms with van der Waals surface area (Å²) in [6.45, 7) is 3.79. The van der Waals surface area contributed by atoms with Gasteiger partial charge in [0.25, 0.3) is 0 Å². The molecule has 0 heterocycles. The minimum Gasteiger partial charge on any atom is -0.480 e. The van der Waals surface area contributed by atoms with Crippen LogP contribution in [0.5, 0.6) is 0 Å². The minimum absolute atomic E-state index is 0.0310. The number of nitrogens with one attached hydrogen (secondary N) is 1. The van der Waals surface area contributed by atoms with Crippen molar-refractivity contribution in [1.82, 2.24) is 5.32 Å². The Morgan fingerprint density at radius 1 is 1.16 bits per heavy atom. The van der Waals surface area contributed by atoms with Gasteiger partial charge in [-0.25, -0.2) is 4.79 Å². The summed E-state index contributed by atoms with van der Waals surface area (Å²) in [6.07, 6.45) is 8.44. The van der Waals surface area contributed by atoms with Gasteiger partial charge in [-0.15, -0.1) is 0 Å². The predicted molar refractivity (Wildman–Crippen MR) is 74.8 cm³/mol. The molecule has 0 aliphatic heterocycles. The van der Waals surface area contributed by atoms with Crippen molar-refractivity contribution in [2.45, 2.75) is 71.3 Å². The van der Waals surface area contributed by atoms with Crippen molar-refractivity contribution in [3.05, 3.63) is 0 Å². The Kier molecular flexibility index (Phi) is 6.89. The number of hydrogen-bond donors (Lipinski definition) is 2. The first kappa shape index (κ1) is 16.0. The highest BCUT2D eigenvalue weighted by Gasteiger charge is 2.26. The fourth-order valence-electron chi connectivity index (χ4n) is 2.91. The zero-order valence-corrected chi connectivity index (χ0v) is 12.2. The summed E-state index contributed by atoms with van der Waals surface area (Å²) >= 11 is 0. The van der Waals surface area contributed by atoms with Crippen molar-refractivity contribution < 1.29 is 14.7 Å². The summed E-state index contributed by atoms with van der Waals surface area (Å²) in [5.74, 6) is -0.406. The lowest BCUT2D eigenvalue weighted by atomic mass is 9.81. The maximum Gasteiger partial charge on any atom is 0.326 e. The van der Waals surface area contributed by atoms with E-state index in [-0.39, 0.29) is 11.8 Å². The van der Waals surface area contributed by atoms with E-state index in [4.69, 9.17) is 5.11 Å². The van der Waals surface area contributed by atoms with Gasteiger partial charge in [-0.3, -0.25) is 4.79 Å². The summed E-state index contributed by atoms with van der Waals surface area (Å²) in [5.41, 5.74) is 0. The number of carboxylic acid groups (broad SMARTS) is 1. The molecule has 2 unspecified atom stereocenters. The Morgan fingerprint density at radius 3 is 2.26 bits per heavy atom. The van der Waals surface area contributed by atoms with Crippen LogP contribution in [0.2, 0.25) is 0 Å². The van der Waals surface area contributed by atoms with E-state index in [1.807, 2.05) is 6.92 Å². The van der Waals surface area contributed by atoms with E-state index in [1.165, 1.54) is 32.1 Å². The molecule has 0 radical (unpaired) electrons. The van der Waals surface area contributed by atoms with Crippen molar-refractivity contribution >= 4 is 11.9 Å². The monoisotopic (exact) mass is 269 g/mol. The van der Waals surface area contributed by atoms with Crippen LogP contribution in [0, 0.1) is 11.8 Å². The summed E-state index contributed by atoms with van der Waals surface area (Å²) in [7, 11) is 0. The number of amides is 1. The maximum absolute atomic E-state index is 12.1. The molecule has 19 heavy (non-hydrogen) atoms. The van der Waals surface area contributed by atoms with Crippen molar-refractivity contribution in [3.8, 4) is 0 Å². The van der Waals surface area contributed by atoms with Crippen LogP contribution in [-0.2, 0) is 9.59 Å². The lowest BCUT2D eigenvalue weighted by Gasteiger charge is -2.26. The molecule has 1 saturated carbocycles. The molecule has 0 aromatic rings. The van der Waals surface area contributed by atoms with Crippen LogP contribution in [-0.4, -0.2) is 23.0 Å². The third-order valence-electron chi connectivity index (χ3n) is 4.23. The molecule has 2 N–H and O–H groups in total. The van der Waals surface area contributed by atoms with Gasteiger partial charge in [0.1, 0.15) is 6.04 Å². The second-order valence-electron chi connectivity index (χ2n) is 5.65. The smallest absolute Gasteiger partial charge is 0.326 e.